The predicted octanol–water partition coefficient (Wildman–Crippen LogP) is 4.98. The van der Waals surface area contributed by atoms with Gasteiger partial charge in [-0.2, -0.15) is 0 Å². The molecule has 0 aliphatic heterocycles. The fourth-order valence-corrected chi connectivity index (χ4v) is 4.64. The number of amides is 1. The Morgan fingerprint density at radius 1 is 1.29 bits per heavy atom. The summed E-state index contributed by atoms with van der Waals surface area (Å²) in [5.74, 6) is 0.239. The van der Waals surface area contributed by atoms with E-state index in [0.29, 0.717) is 12.2 Å². The normalized spacial score (nSPS) is 14.5. The Hall–Kier alpha value is -3.22. The zero-order valence-corrected chi connectivity index (χ0v) is 16.1. The second kappa shape index (κ2) is 7.80. The third kappa shape index (κ3) is 3.35. The van der Waals surface area contributed by atoms with Crippen LogP contribution in [0.3, 0.4) is 0 Å². The second-order valence-corrected chi connectivity index (χ2v) is 7.52. The summed E-state index contributed by atoms with van der Waals surface area (Å²) in [6.45, 7) is 2.15. The molecule has 0 radical (unpaired) electrons. The number of pyridine rings is 1. The van der Waals surface area contributed by atoms with Crippen molar-refractivity contribution in [3.8, 4) is 22.5 Å². The fraction of sp³-hybridized carbons (Fsp3) is 0.250. The van der Waals surface area contributed by atoms with E-state index in [2.05, 4.69) is 25.3 Å². The van der Waals surface area contributed by atoms with E-state index in [1.807, 2.05) is 35.8 Å². The van der Waals surface area contributed by atoms with Gasteiger partial charge in [-0.3, -0.25) is 9.78 Å². The molecule has 1 N–H and O–H groups in total. The molecule has 1 amide bonds. The number of aromatic nitrogens is 2. The van der Waals surface area contributed by atoms with Gasteiger partial charge in [0.1, 0.15) is 5.69 Å². The minimum absolute atomic E-state index is 0.0219. The molecule has 7 nitrogen and oxygen atoms in total. The van der Waals surface area contributed by atoms with E-state index in [0.717, 1.165) is 40.9 Å². The highest BCUT2D eigenvalue weighted by atomic mass is 32.1. The van der Waals surface area contributed by atoms with E-state index in [4.69, 9.17) is 5.53 Å². The van der Waals surface area contributed by atoms with Crippen LogP contribution in [-0.2, 0) is 11.2 Å². The Morgan fingerprint density at radius 3 is 2.96 bits per heavy atom. The number of thiazole rings is 1. The Kier molecular flexibility index (Phi) is 5.06. The van der Waals surface area contributed by atoms with Gasteiger partial charge in [0, 0.05) is 41.1 Å². The van der Waals surface area contributed by atoms with Crippen molar-refractivity contribution in [2.45, 2.75) is 25.7 Å². The third-order valence-corrected chi connectivity index (χ3v) is 5.90. The lowest BCUT2D eigenvalue weighted by Crippen LogP contribution is -2.24. The number of carbonyl (C=O) groups excluding carboxylic acids is 1. The number of nitrogens with one attached hydrogen (secondary N) is 1. The highest BCUT2D eigenvalue weighted by molar-refractivity contribution is 7.10. The van der Waals surface area contributed by atoms with Crippen LogP contribution in [0.25, 0.3) is 33.0 Å². The summed E-state index contributed by atoms with van der Waals surface area (Å²) in [5, 5.41) is 6.74. The number of nitrogens with zero attached hydrogens (tertiary/aromatic N) is 5. The van der Waals surface area contributed by atoms with Crippen LogP contribution >= 0.6 is 11.3 Å². The number of hydrogen-bond acceptors (Lipinski definition) is 5. The van der Waals surface area contributed by atoms with Crippen LogP contribution in [0.4, 0.5) is 5.69 Å². The lowest BCUT2D eigenvalue weighted by Gasteiger charge is -2.26. The lowest BCUT2D eigenvalue weighted by molar-refractivity contribution is -0.118. The molecular weight excluding hydrogens is 372 g/mol. The van der Waals surface area contributed by atoms with E-state index < -0.39 is 0 Å². The van der Waals surface area contributed by atoms with Gasteiger partial charge < -0.3 is 5.32 Å². The van der Waals surface area contributed by atoms with Gasteiger partial charge in [-0.05, 0) is 41.1 Å². The van der Waals surface area contributed by atoms with Crippen LogP contribution < -0.4 is 5.32 Å². The number of carbonyl (C=O) groups is 1. The topological polar surface area (TPSA) is 104 Å². The maximum Gasteiger partial charge on any atom is 0.216 e. The summed E-state index contributed by atoms with van der Waals surface area (Å²) in [6.07, 6.45) is 3.42. The molecule has 0 spiro atoms. The Balaban J connectivity index is 1.79. The first-order valence-corrected chi connectivity index (χ1v) is 9.87. The zero-order valence-electron chi connectivity index (χ0n) is 15.3. The standard InChI is InChI=1S/C20H18N6OS/c1-12(27)22-8-6-13-10-16-14(15-4-2-3-5-17(15)25-26-21)7-9-23-18(16)19-20(13)28-11-24-19/h2-5,7,9,11,13H,6,8,10H2,1H3,(H,22,27). The molecule has 8 heteroatoms. The largest absolute Gasteiger partial charge is 0.356 e. The first-order valence-electron chi connectivity index (χ1n) is 8.99. The third-order valence-electron chi connectivity index (χ3n) is 4.91. The Labute approximate surface area is 166 Å². The molecule has 3 aromatic rings. The van der Waals surface area contributed by atoms with E-state index >= 15 is 0 Å². The molecule has 1 atom stereocenters. The van der Waals surface area contributed by atoms with Gasteiger partial charge in [-0.25, -0.2) is 4.98 Å². The molecule has 0 saturated heterocycles. The molecule has 4 rings (SSSR count). The summed E-state index contributed by atoms with van der Waals surface area (Å²) in [4.78, 5) is 24.6. The molecule has 0 fully saturated rings. The van der Waals surface area contributed by atoms with Crippen molar-refractivity contribution in [2.75, 3.05) is 6.54 Å². The van der Waals surface area contributed by atoms with Gasteiger partial charge >= 0.3 is 0 Å². The van der Waals surface area contributed by atoms with Crippen molar-refractivity contribution >= 4 is 22.9 Å². The summed E-state index contributed by atoms with van der Waals surface area (Å²) >= 11 is 1.64. The molecule has 2 aromatic heterocycles. The van der Waals surface area contributed by atoms with Crippen LogP contribution in [0.5, 0.6) is 0 Å². The van der Waals surface area contributed by atoms with E-state index in [1.54, 1.807) is 17.5 Å². The minimum atomic E-state index is -0.0219. The predicted molar refractivity (Wildman–Crippen MR) is 109 cm³/mol. The van der Waals surface area contributed by atoms with Crippen molar-refractivity contribution < 1.29 is 4.79 Å². The van der Waals surface area contributed by atoms with Crippen LogP contribution in [0.15, 0.2) is 47.2 Å². The summed E-state index contributed by atoms with van der Waals surface area (Å²) in [6, 6.07) is 9.53. The molecule has 1 unspecified atom stereocenters. The molecule has 0 saturated carbocycles. The number of rotatable bonds is 5. The SMILES string of the molecule is CC(=O)NCCC1Cc2c(-c3ccccc3N=[N+]=[N-])ccnc2-c2ncsc21. The van der Waals surface area contributed by atoms with Gasteiger partial charge in [0.25, 0.3) is 0 Å². The smallest absolute Gasteiger partial charge is 0.216 e. The molecule has 140 valence electrons. The molecule has 28 heavy (non-hydrogen) atoms. The minimum Gasteiger partial charge on any atom is -0.356 e. The average molecular weight is 390 g/mol. The average Bonchev–Trinajstić information content (AvgIpc) is 3.19. The quantitative estimate of drug-likeness (QED) is 0.377. The molecule has 1 aliphatic carbocycles. The maximum atomic E-state index is 11.2. The van der Waals surface area contributed by atoms with Crippen LogP contribution in [-0.4, -0.2) is 22.4 Å². The lowest BCUT2D eigenvalue weighted by atomic mass is 9.83. The molecule has 0 bridgehead atoms. The first kappa shape index (κ1) is 18.2. The number of fused-ring (bicyclic) bond motifs is 3. The maximum absolute atomic E-state index is 11.2. The molecular formula is C20H18N6OS. The monoisotopic (exact) mass is 390 g/mol. The highest BCUT2D eigenvalue weighted by Crippen LogP contribution is 2.45. The van der Waals surface area contributed by atoms with Crippen LogP contribution in [0, 0.1) is 0 Å². The second-order valence-electron chi connectivity index (χ2n) is 6.63. The first-order chi connectivity index (χ1) is 13.7. The molecule has 1 aliphatic rings. The number of hydrogen-bond donors (Lipinski definition) is 1. The highest BCUT2D eigenvalue weighted by Gasteiger charge is 2.30. The van der Waals surface area contributed by atoms with Crippen LogP contribution in [0.2, 0.25) is 0 Å². The Morgan fingerprint density at radius 2 is 2.14 bits per heavy atom. The van der Waals surface area contributed by atoms with Gasteiger partial charge in [0.05, 0.1) is 11.2 Å². The Bertz CT molecular complexity index is 1090. The van der Waals surface area contributed by atoms with Crippen molar-refractivity contribution in [1.82, 2.24) is 15.3 Å². The van der Waals surface area contributed by atoms with Crippen molar-refractivity contribution in [1.29, 1.82) is 0 Å². The van der Waals surface area contributed by atoms with Gasteiger partial charge in [-0.15, -0.1) is 11.3 Å². The van der Waals surface area contributed by atoms with E-state index in [9.17, 15) is 4.79 Å². The van der Waals surface area contributed by atoms with Crippen molar-refractivity contribution in [3.05, 3.63) is 62.9 Å². The van der Waals surface area contributed by atoms with Crippen molar-refractivity contribution in [2.24, 2.45) is 5.11 Å². The number of azide groups is 1. The fourth-order valence-electron chi connectivity index (χ4n) is 3.71. The summed E-state index contributed by atoms with van der Waals surface area (Å²) in [5.41, 5.74) is 16.2. The van der Waals surface area contributed by atoms with Gasteiger partial charge in [0.2, 0.25) is 5.91 Å². The van der Waals surface area contributed by atoms with Crippen molar-refractivity contribution in [3.63, 3.8) is 0 Å². The zero-order chi connectivity index (χ0) is 19.5. The molecule has 1 aromatic carbocycles. The van der Waals surface area contributed by atoms with Gasteiger partial charge in [0.15, 0.2) is 0 Å². The summed E-state index contributed by atoms with van der Waals surface area (Å²) < 4.78 is 0. The van der Waals surface area contributed by atoms with E-state index in [-0.39, 0.29) is 11.8 Å². The molecule has 2 heterocycles. The van der Waals surface area contributed by atoms with E-state index in [1.165, 1.54) is 11.8 Å². The van der Waals surface area contributed by atoms with Gasteiger partial charge in [-0.1, -0.05) is 29.4 Å². The number of benzene rings is 1. The summed E-state index contributed by atoms with van der Waals surface area (Å²) in [7, 11) is 0. The van der Waals surface area contributed by atoms with Crippen LogP contribution in [0.1, 0.15) is 29.7 Å².